The van der Waals surface area contributed by atoms with Gasteiger partial charge in [0.15, 0.2) is 13.1 Å². The van der Waals surface area contributed by atoms with Crippen LogP contribution in [0.1, 0.15) is 49.5 Å². The van der Waals surface area contributed by atoms with E-state index in [1.54, 1.807) is 37.3 Å². The summed E-state index contributed by atoms with van der Waals surface area (Å²) in [5.74, 6) is -0.221. The summed E-state index contributed by atoms with van der Waals surface area (Å²) in [7, 11) is -5.98. The van der Waals surface area contributed by atoms with E-state index in [4.69, 9.17) is 13.9 Å². The van der Waals surface area contributed by atoms with Gasteiger partial charge in [0.25, 0.3) is 0 Å². The molecule has 1 atom stereocenters. The van der Waals surface area contributed by atoms with Crippen LogP contribution in [0.15, 0.2) is 118 Å². The molecule has 2 heterocycles. The Bertz CT molecular complexity index is 2540. The van der Waals surface area contributed by atoms with Gasteiger partial charge in [-0.2, -0.15) is 0 Å². The van der Waals surface area contributed by atoms with E-state index in [0.717, 1.165) is 27.6 Å². The molecule has 0 saturated heterocycles. The number of nitrogens with zero attached hydrogens (tertiary/aromatic N) is 2. The molecule has 2 aliphatic heterocycles. The number of allylic oxidation sites excluding steroid dienone is 7. The van der Waals surface area contributed by atoms with Crippen LogP contribution >= 0.6 is 0 Å². The van der Waals surface area contributed by atoms with Gasteiger partial charge in [-0.1, -0.05) is 60.7 Å². The minimum atomic E-state index is -4.82. The average molecular weight is 883 g/mol. The quantitative estimate of drug-likeness (QED) is 0.0591. The Morgan fingerprint density at radius 3 is 2.21 bits per heavy atom. The van der Waals surface area contributed by atoms with Gasteiger partial charge in [0.05, 0.1) is 21.1 Å². The van der Waals surface area contributed by atoms with Crippen LogP contribution in [0.5, 0.6) is 0 Å². The molecular formula is C45H51N2NaO11S2. The van der Waals surface area contributed by atoms with Gasteiger partial charge >= 0.3 is 35.5 Å². The summed E-state index contributed by atoms with van der Waals surface area (Å²) in [6.07, 6.45) is 13.1. The van der Waals surface area contributed by atoms with Crippen LogP contribution in [0.2, 0.25) is 0 Å². The molecule has 0 spiro atoms. The number of fused-ring (bicyclic) bond motifs is 2. The van der Waals surface area contributed by atoms with Crippen LogP contribution in [0.25, 0.3) is 28.5 Å². The van der Waals surface area contributed by atoms with Gasteiger partial charge in [-0.25, -0.2) is 21.4 Å². The summed E-state index contributed by atoms with van der Waals surface area (Å²) in [5.41, 5.74) is 4.75. The van der Waals surface area contributed by atoms with Crippen molar-refractivity contribution in [2.24, 2.45) is 0 Å². The summed E-state index contributed by atoms with van der Waals surface area (Å²) >= 11 is 0. The van der Waals surface area contributed by atoms with Crippen molar-refractivity contribution in [1.82, 2.24) is 4.58 Å². The SMILES string of the molecule is COCC[N+](CCOC)=c1ccc2c(-c3ccccc3)c(C)c(/C=C/C=C/C=C/C=C3/N(CCCS(=O)(=O)[O-])c4ccc(S(=O)(=O)[O-])cc4C3(C)CCCC(=O)O)oc-2c1.[Na+]. The third-order valence-electron chi connectivity index (χ3n) is 10.5. The van der Waals surface area contributed by atoms with Crippen molar-refractivity contribution in [2.45, 2.75) is 49.8 Å². The molecule has 1 aliphatic carbocycles. The average Bonchev–Trinajstić information content (AvgIpc) is 3.42. The van der Waals surface area contributed by atoms with Crippen molar-refractivity contribution in [3.05, 3.63) is 131 Å². The summed E-state index contributed by atoms with van der Waals surface area (Å²) < 4.78 is 90.0. The molecule has 5 rings (SSSR count). The number of aliphatic carboxylic acids is 1. The first kappa shape index (κ1) is 49.5. The van der Waals surface area contributed by atoms with Gasteiger partial charge in [-0.05, 0) is 86.2 Å². The zero-order valence-electron chi connectivity index (χ0n) is 35.2. The number of hydrogen-bond acceptors (Lipinski definition) is 11. The second kappa shape index (κ2) is 22.3. The van der Waals surface area contributed by atoms with Gasteiger partial charge in [0.1, 0.15) is 34.9 Å². The zero-order chi connectivity index (χ0) is 43.5. The minimum Gasteiger partial charge on any atom is -0.748 e. The number of ether oxygens (including phenoxy) is 2. The maximum Gasteiger partial charge on any atom is 1.00 e. The third-order valence-corrected chi connectivity index (χ3v) is 12.2. The second-order valence-corrected chi connectivity index (χ2v) is 17.5. The van der Waals surface area contributed by atoms with Crippen molar-refractivity contribution in [2.75, 3.05) is 57.7 Å². The van der Waals surface area contributed by atoms with E-state index < -0.39 is 42.3 Å². The number of carbonyl (C=O) groups is 1. The van der Waals surface area contributed by atoms with Crippen LogP contribution in [-0.2, 0) is 39.9 Å². The Hall–Kier alpha value is -4.16. The smallest absolute Gasteiger partial charge is 0.748 e. The van der Waals surface area contributed by atoms with E-state index in [9.17, 15) is 35.8 Å². The monoisotopic (exact) mass is 882 g/mol. The molecular weight excluding hydrogens is 832 g/mol. The fourth-order valence-corrected chi connectivity index (χ4v) is 8.57. The molecule has 0 amide bonds. The maximum atomic E-state index is 12.0. The van der Waals surface area contributed by atoms with Gasteiger partial charge < -0.3 is 33.0 Å². The zero-order valence-corrected chi connectivity index (χ0v) is 38.8. The van der Waals surface area contributed by atoms with Gasteiger partial charge in [0, 0.05) is 66.9 Å². The molecule has 2 aromatic carbocycles. The number of carboxylic acid groups (broad SMARTS) is 1. The number of carboxylic acids is 1. The van der Waals surface area contributed by atoms with Crippen molar-refractivity contribution in [3.8, 4) is 22.5 Å². The van der Waals surface area contributed by atoms with E-state index in [1.165, 1.54) is 18.2 Å². The standard InChI is InChI=1S/C45H52N2O11S2.Na/c1-33-40(58-41-31-35(46(26-28-56-3)27-29-57-4)20-22-37(41)44(33)34-15-9-8-10-16-34)17-11-6-5-7-12-18-42-45(2,24-13-19-43(48)49)38-32-36(60(53,54)55)21-23-39(38)47(42)25-14-30-59(50,51)52;/h5-12,15-18,20-23,31-32H,13-14,19,24-30H2,1-4H3,(H2-,48,49,50,51,52,53,54,55);/q;+1/p-1. The summed E-state index contributed by atoms with van der Waals surface area (Å²) in [4.78, 5) is 12.8. The van der Waals surface area contributed by atoms with Crippen LogP contribution in [0.4, 0.5) is 5.69 Å². The molecule has 2 aromatic rings. The van der Waals surface area contributed by atoms with E-state index in [-0.39, 0.29) is 61.8 Å². The van der Waals surface area contributed by atoms with Gasteiger partial charge in [-0.15, -0.1) is 0 Å². The Kier molecular flexibility index (Phi) is 18.1. The van der Waals surface area contributed by atoms with E-state index in [0.29, 0.717) is 54.8 Å². The fourth-order valence-electron chi connectivity index (χ4n) is 7.59. The van der Waals surface area contributed by atoms with Crippen LogP contribution in [-0.4, -0.2) is 89.8 Å². The molecule has 0 bridgehead atoms. The van der Waals surface area contributed by atoms with Crippen molar-refractivity contribution < 1.29 is 79.3 Å². The Morgan fingerprint density at radius 1 is 0.902 bits per heavy atom. The normalized spacial score (nSPS) is 16.3. The maximum absolute atomic E-state index is 12.0. The second-order valence-electron chi connectivity index (χ2n) is 14.6. The molecule has 320 valence electrons. The number of anilines is 1. The van der Waals surface area contributed by atoms with Crippen molar-refractivity contribution in [1.29, 1.82) is 0 Å². The first-order chi connectivity index (χ1) is 28.6. The largest absolute Gasteiger partial charge is 1.00 e. The fraction of sp³-hybridized carbons (Fsp3) is 0.333. The molecule has 1 N–H and O–H groups in total. The van der Waals surface area contributed by atoms with Crippen LogP contribution in [0.3, 0.4) is 0 Å². The summed E-state index contributed by atoms with van der Waals surface area (Å²) in [6, 6.07) is 20.3. The Labute approximate surface area is 380 Å². The van der Waals surface area contributed by atoms with E-state index in [2.05, 4.69) is 28.8 Å². The molecule has 16 heteroatoms. The Morgan fingerprint density at radius 2 is 1.57 bits per heavy atom. The molecule has 0 aromatic heterocycles. The topological polar surface area (TPSA) is 190 Å². The summed E-state index contributed by atoms with van der Waals surface area (Å²) in [6.45, 7) is 6.42. The van der Waals surface area contributed by atoms with E-state index >= 15 is 0 Å². The molecule has 0 fully saturated rings. The van der Waals surface area contributed by atoms with Gasteiger partial charge in [0.2, 0.25) is 5.36 Å². The van der Waals surface area contributed by atoms with Crippen molar-refractivity contribution >= 4 is 38.0 Å². The predicted octanol–water partition coefficient (Wildman–Crippen LogP) is 3.31. The molecule has 0 saturated carbocycles. The molecule has 13 nitrogen and oxygen atoms in total. The van der Waals surface area contributed by atoms with Crippen LogP contribution in [0, 0.1) is 6.92 Å². The van der Waals surface area contributed by atoms with Crippen LogP contribution < -0.4 is 44.4 Å². The molecule has 1 unspecified atom stereocenters. The number of hydrogen-bond donors (Lipinski definition) is 1. The first-order valence-electron chi connectivity index (χ1n) is 19.5. The number of methoxy groups -OCH3 is 2. The molecule has 3 aliphatic rings. The predicted molar refractivity (Wildman–Crippen MR) is 229 cm³/mol. The minimum absolute atomic E-state index is 0. The Balaban J connectivity index is 0.00000819. The molecule has 61 heavy (non-hydrogen) atoms. The van der Waals surface area contributed by atoms with Gasteiger partial charge in [-0.3, -0.25) is 4.79 Å². The number of rotatable bonds is 20. The number of benzene rings is 3. The molecule has 0 radical (unpaired) electrons. The van der Waals surface area contributed by atoms with E-state index in [1.807, 2.05) is 62.4 Å². The first-order valence-corrected chi connectivity index (χ1v) is 22.5. The summed E-state index contributed by atoms with van der Waals surface area (Å²) in [5, 5.41) is 10.4. The third kappa shape index (κ3) is 12.9. The van der Waals surface area contributed by atoms with Crippen molar-refractivity contribution in [3.63, 3.8) is 0 Å².